The van der Waals surface area contributed by atoms with E-state index >= 15 is 0 Å². The third-order valence-corrected chi connectivity index (χ3v) is 5.52. The topological polar surface area (TPSA) is 82.3 Å². The van der Waals surface area contributed by atoms with Gasteiger partial charge in [-0.1, -0.05) is 36.7 Å². The molecule has 0 saturated carbocycles. The average molecular weight is 486 g/mol. The number of imidazole rings is 1. The number of carbonyl (C=O) groups is 2. The number of nitrogens with one attached hydrogen (secondary N) is 1. The van der Waals surface area contributed by atoms with Crippen LogP contribution in [0.2, 0.25) is 5.02 Å². The summed E-state index contributed by atoms with van der Waals surface area (Å²) in [6, 6.07) is 12.3. The first-order valence-electron chi connectivity index (χ1n) is 10.2. The standard InChI is InChI=1S/C24H18ClF2N3O4/c1-3-19(31)34-22-16(28-23(32)20-13(25)7-4-8-14(20)26)10-6-12-18(22)30-21-15(27)9-5-11-17(21)29(2)24(30)33/h4-12H,3H2,1-2H3,(H,28,32). The lowest BCUT2D eigenvalue weighted by Crippen LogP contribution is -2.23. The molecule has 4 rings (SSSR count). The maximum atomic E-state index is 14.8. The number of hydrogen-bond donors (Lipinski definition) is 1. The van der Waals surface area contributed by atoms with Gasteiger partial charge in [-0.2, -0.15) is 0 Å². The number of hydrogen-bond acceptors (Lipinski definition) is 4. The van der Waals surface area contributed by atoms with Crippen LogP contribution in [0.1, 0.15) is 23.7 Å². The molecule has 10 heteroatoms. The molecule has 7 nitrogen and oxygen atoms in total. The largest absolute Gasteiger partial charge is 0.422 e. The lowest BCUT2D eigenvalue weighted by atomic mass is 10.1. The van der Waals surface area contributed by atoms with Gasteiger partial charge in [0.25, 0.3) is 5.91 Å². The Hall–Kier alpha value is -3.98. The number of rotatable bonds is 5. The third-order valence-electron chi connectivity index (χ3n) is 5.21. The van der Waals surface area contributed by atoms with E-state index < -0.39 is 34.8 Å². The summed E-state index contributed by atoms with van der Waals surface area (Å²) >= 11 is 5.99. The summed E-state index contributed by atoms with van der Waals surface area (Å²) in [5.41, 5.74) is -0.760. The van der Waals surface area contributed by atoms with Gasteiger partial charge in [0.1, 0.15) is 17.2 Å². The Labute approximate surface area is 197 Å². The van der Waals surface area contributed by atoms with Crippen molar-refractivity contribution in [2.24, 2.45) is 7.05 Å². The smallest absolute Gasteiger partial charge is 0.333 e. The fraction of sp³-hybridized carbons (Fsp3) is 0.125. The van der Waals surface area contributed by atoms with Crippen LogP contribution in [0.4, 0.5) is 14.5 Å². The lowest BCUT2D eigenvalue weighted by molar-refractivity contribution is -0.133. The molecule has 0 aliphatic heterocycles. The van der Waals surface area contributed by atoms with Crippen LogP contribution in [0.25, 0.3) is 16.7 Å². The van der Waals surface area contributed by atoms with Gasteiger partial charge < -0.3 is 10.1 Å². The second-order valence-corrected chi connectivity index (χ2v) is 7.72. The van der Waals surface area contributed by atoms with Crippen molar-refractivity contribution in [3.8, 4) is 11.4 Å². The van der Waals surface area contributed by atoms with E-state index in [-0.39, 0.29) is 34.1 Å². The summed E-state index contributed by atoms with van der Waals surface area (Å²) in [4.78, 5) is 38.1. The van der Waals surface area contributed by atoms with E-state index in [1.165, 1.54) is 54.1 Å². The molecule has 0 bridgehead atoms. The first kappa shape index (κ1) is 23.2. The summed E-state index contributed by atoms with van der Waals surface area (Å²) in [6.07, 6.45) is -0.0142. The van der Waals surface area contributed by atoms with Crippen molar-refractivity contribution in [3.63, 3.8) is 0 Å². The number of nitrogens with zero attached hydrogens (tertiary/aromatic N) is 2. The molecule has 1 N–H and O–H groups in total. The Kier molecular flexibility index (Phi) is 6.21. The Morgan fingerprint density at radius 1 is 1.03 bits per heavy atom. The van der Waals surface area contributed by atoms with Crippen LogP contribution in [-0.4, -0.2) is 21.0 Å². The molecule has 174 valence electrons. The second-order valence-electron chi connectivity index (χ2n) is 7.32. The molecule has 1 aromatic heterocycles. The maximum Gasteiger partial charge on any atom is 0.333 e. The number of para-hydroxylation sites is 2. The van der Waals surface area contributed by atoms with Crippen LogP contribution in [0.15, 0.2) is 59.4 Å². The van der Waals surface area contributed by atoms with Crippen LogP contribution >= 0.6 is 11.6 Å². The molecule has 1 heterocycles. The number of carbonyl (C=O) groups excluding carboxylic acids is 2. The van der Waals surface area contributed by atoms with Crippen LogP contribution in [0, 0.1) is 11.6 Å². The van der Waals surface area contributed by atoms with Crippen LogP contribution in [0.5, 0.6) is 5.75 Å². The van der Waals surface area contributed by atoms with E-state index in [9.17, 15) is 23.2 Å². The number of anilines is 1. The van der Waals surface area contributed by atoms with Crippen molar-refractivity contribution in [2.45, 2.75) is 13.3 Å². The molecule has 1 amide bonds. The van der Waals surface area contributed by atoms with Crippen LogP contribution in [-0.2, 0) is 11.8 Å². The predicted octanol–water partition coefficient (Wildman–Crippen LogP) is 4.83. The van der Waals surface area contributed by atoms with Gasteiger partial charge in [-0.3, -0.25) is 18.7 Å². The van der Waals surface area contributed by atoms with E-state index in [1.807, 2.05) is 0 Å². The van der Waals surface area contributed by atoms with Crippen molar-refractivity contribution < 1.29 is 23.1 Å². The van der Waals surface area contributed by atoms with E-state index in [2.05, 4.69) is 5.32 Å². The van der Waals surface area contributed by atoms with Gasteiger partial charge in [0, 0.05) is 13.5 Å². The molecular weight excluding hydrogens is 468 g/mol. The average Bonchev–Trinajstić information content (AvgIpc) is 3.06. The van der Waals surface area contributed by atoms with Gasteiger partial charge >= 0.3 is 11.7 Å². The quantitative estimate of drug-likeness (QED) is 0.324. The molecule has 3 aromatic carbocycles. The SMILES string of the molecule is CCC(=O)Oc1c(NC(=O)c2c(F)cccc2Cl)cccc1-n1c(=O)n(C)c2cccc(F)c21. The molecule has 0 aliphatic carbocycles. The third kappa shape index (κ3) is 3.94. The zero-order valence-corrected chi connectivity index (χ0v) is 18.8. The van der Waals surface area contributed by atoms with Gasteiger partial charge in [-0.25, -0.2) is 13.6 Å². The molecule has 0 aliphatic rings. The van der Waals surface area contributed by atoms with E-state index in [1.54, 1.807) is 13.0 Å². The minimum atomic E-state index is -0.898. The number of esters is 1. The fourth-order valence-corrected chi connectivity index (χ4v) is 3.81. The highest BCUT2D eigenvalue weighted by Gasteiger charge is 2.24. The summed E-state index contributed by atoms with van der Waals surface area (Å²) in [5.74, 6) is -3.28. The number of aromatic nitrogens is 2. The molecule has 0 atom stereocenters. The molecule has 34 heavy (non-hydrogen) atoms. The normalized spacial score (nSPS) is 11.0. The van der Waals surface area contributed by atoms with Crippen molar-refractivity contribution in [1.29, 1.82) is 0 Å². The first-order valence-corrected chi connectivity index (χ1v) is 10.6. The number of ether oxygens (including phenoxy) is 1. The first-order chi connectivity index (χ1) is 16.2. The Balaban J connectivity index is 1.93. The lowest BCUT2D eigenvalue weighted by Gasteiger charge is -2.16. The van der Waals surface area contributed by atoms with Crippen molar-refractivity contribution in [1.82, 2.24) is 9.13 Å². The summed E-state index contributed by atoms with van der Waals surface area (Å²) in [7, 11) is 1.48. The van der Waals surface area contributed by atoms with E-state index in [4.69, 9.17) is 16.3 Å². The Morgan fingerprint density at radius 2 is 1.71 bits per heavy atom. The van der Waals surface area contributed by atoms with Crippen LogP contribution < -0.4 is 15.7 Å². The molecule has 0 spiro atoms. The minimum Gasteiger partial charge on any atom is -0.422 e. The van der Waals surface area contributed by atoms with Gasteiger partial charge in [-0.05, 0) is 36.4 Å². The molecule has 0 radical (unpaired) electrons. The number of aryl methyl sites for hydroxylation is 1. The second kappa shape index (κ2) is 9.11. The molecule has 0 saturated heterocycles. The highest BCUT2D eigenvalue weighted by Crippen LogP contribution is 2.35. The highest BCUT2D eigenvalue weighted by molar-refractivity contribution is 6.34. The zero-order chi connectivity index (χ0) is 24.6. The molecular formula is C24H18ClF2N3O4. The number of amides is 1. The highest BCUT2D eigenvalue weighted by atomic mass is 35.5. The zero-order valence-electron chi connectivity index (χ0n) is 18.1. The Bertz CT molecular complexity index is 1490. The van der Waals surface area contributed by atoms with E-state index in [0.717, 1.165) is 10.6 Å². The molecule has 0 fully saturated rings. The molecule has 4 aromatic rings. The minimum absolute atomic E-state index is 0.0138. The van der Waals surface area contributed by atoms with Crippen LogP contribution in [0.3, 0.4) is 0 Å². The predicted molar refractivity (Wildman–Crippen MR) is 124 cm³/mol. The van der Waals surface area contributed by atoms with Gasteiger partial charge in [0.05, 0.1) is 27.5 Å². The van der Waals surface area contributed by atoms with Gasteiger partial charge in [0.2, 0.25) is 0 Å². The van der Waals surface area contributed by atoms with Gasteiger partial charge in [-0.15, -0.1) is 0 Å². The number of benzene rings is 3. The number of fused-ring (bicyclic) bond motifs is 1. The maximum absolute atomic E-state index is 14.8. The summed E-state index contributed by atoms with van der Waals surface area (Å²) in [5, 5.41) is 2.36. The Morgan fingerprint density at radius 3 is 2.41 bits per heavy atom. The van der Waals surface area contributed by atoms with Gasteiger partial charge in [0.15, 0.2) is 5.75 Å². The summed E-state index contributed by atoms with van der Waals surface area (Å²) in [6.45, 7) is 1.56. The van der Waals surface area contributed by atoms with E-state index in [0.29, 0.717) is 5.52 Å². The monoisotopic (exact) mass is 485 g/mol. The summed E-state index contributed by atoms with van der Waals surface area (Å²) < 4.78 is 36.8. The van der Waals surface area contributed by atoms with Crippen molar-refractivity contribution in [3.05, 3.63) is 87.3 Å². The number of halogens is 3. The van der Waals surface area contributed by atoms with Crippen molar-refractivity contribution in [2.75, 3.05) is 5.32 Å². The fourth-order valence-electron chi connectivity index (χ4n) is 3.56. The molecule has 0 unspecified atom stereocenters. The van der Waals surface area contributed by atoms with Crippen molar-refractivity contribution >= 4 is 40.2 Å².